The normalized spacial score (nSPS) is 50.7. The van der Waals surface area contributed by atoms with Crippen LogP contribution in [0.2, 0.25) is 0 Å². The first kappa shape index (κ1) is 17.5. The van der Waals surface area contributed by atoms with Crippen LogP contribution in [0.3, 0.4) is 0 Å². The minimum atomic E-state index is -4.25. The molecule has 5 aliphatic rings. The molecule has 0 aliphatic carbocycles. The Balaban J connectivity index is 1.98. The molecule has 0 radical (unpaired) electrons. The van der Waals surface area contributed by atoms with Crippen molar-refractivity contribution in [3.05, 3.63) is 0 Å². The van der Waals surface area contributed by atoms with Crippen LogP contribution in [0.15, 0.2) is 0 Å². The molecule has 10 nitrogen and oxygen atoms in total. The van der Waals surface area contributed by atoms with Crippen LogP contribution in [0.4, 0.5) is 0 Å². The van der Waals surface area contributed by atoms with Gasteiger partial charge in [0.1, 0.15) is 5.60 Å². The van der Waals surface area contributed by atoms with Gasteiger partial charge in [-0.25, -0.2) is 32.1 Å². The summed E-state index contributed by atoms with van der Waals surface area (Å²) in [6, 6.07) is 0. The summed E-state index contributed by atoms with van der Waals surface area (Å²) in [5.74, 6) is -3.94. The summed E-state index contributed by atoms with van der Waals surface area (Å²) < 4.78 is 56.4. The summed E-state index contributed by atoms with van der Waals surface area (Å²) in [7, 11) is -8.13. The van der Waals surface area contributed by atoms with Crippen LogP contribution in [0.1, 0.15) is 53.4 Å². The van der Waals surface area contributed by atoms with Gasteiger partial charge in [-0.2, -0.15) is 4.89 Å². The lowest BCUT2D eigenvalue weighted by Crippen LogP contribution is -2.72. The Morgan fingerprint density at radius 3 is 1.79 bits per heavy atom. The number of rotatable bonds is 4. The number of hydrogen-bond donors (Lipinski definition) is 0. The molecule has 4 bridgehead atoms. The van der Waals surface area contributed by atoms with E-state index in [0.717, 1.165) is 0 Å². The molecule has 12 heteroatoms. The molecule has 0 saturated carbocycles. The van der Waals surface area contributed by atoms with Crippen LogP contribution in [0.25, 0.3) is 0 Å². The van der Waals surface area contributed by atoms with Gasteiger partial charge in [-0.1, -0.05) is 27.7 Å². The smallest absolute Gasteiger partial charge is 0.243 e. The quantitative estimate of drug-likeness (QED) is 0.521. The molecule has 5 aliphatic heterocycles. The predicted molar refractivity (Wildman–Crippen MR) is 75.7 cm³/mol. The molecule has 5 fully saturated rings. The maximum absolute atomic E-state index is 12.5. The molecule has 0 aromatic heterocycles. The van der Waals surface area contributed by atoms with Crippen molar-refractivity contribution in [1.29, 1.82) is 0 Å². The van der Waals surface area contributed by atoms with E-state index in [-0.39, 0.29) is 0 Å². The van der Waals surface area contributed by atoms with E-state index in [1.807, 2.05) is 27.7 Å². The zero-order chi connectivity index (χ0) is 17.5. The highest BCUT2D eigenvalue weighted by atomic mass is 31.2. The van der Waals surface area contributed by atoms with Gasteiger partial charge in [0.05, 0.1) is 5.41 Å². The molecule has 0 N–H and O–H groups in total. The molecule has 2 spiro atoms. The van der Waals surface area contributed by atoms with Crippen molar-refractivity contribution in [2.24, 2.45) is 5.41 Å². The monoisotopic (exact) mass is 386 g/mol. The average Bonchev–Trinajstić information content (AvgIpc) is 3.08. The van der Waals surface area contributed by atoms with Crippen molar-refractivity contribution in [3.63, 3.8) is 0 Å². The molecule has 138 valence electrons. The van der Waals surface area contributed by atoms with Crippen molar-refractivity contribution >= 4 is 15.6 Å². The van der Waals surface area contributed by atoms with Crippen molar-refractivity contribution in [2.75, 3.05) is 0 Å². The van der Waals surface area contributed by atoms with Crippen molar-refractivity contribution < 1.29 is 46.3 Å². The minimum Gasteiger partial charge on any atom is -0.243 e. The maximum Gasteiger partial charge on any atom is 0.534 e. The molecule has 2 unspecified atom stereocenters. The summed E-state index contributed by atoms with van der Waals surface area (Å²) in [5.41, 5.74) is -1.93. The molecular weight excluding hydrogens is 366 g/mol. The zero-order valence-corrected chi connectivity index (χ0v) is 15.6. The number of phosphoric acid groups is 2. The Kier molecular flexibility index (Phi) is 3.58. The van der Waals surface area contributed by atoms with E-state index in [1.165, 1.54) is 0 Å². The van der Waals surface area contributed by atoms with E-state index < -0.39 is 38.4 Å². The lowest BCUT2D eigenvalue weighted by molar-refractivity contribution is -0.482. The summed E-state index contributed by atoms with van der Waals surface area (Å²) in [5, 5.41) is 0. The topological polar surface area (TPSA) is 108 Å². The van der Waals surface area contributed by atoms with Crippen molar-refractivity contribution in [3.8, 4) is 0 Å². The van der Waals surface area contributed by atoms with Gasteiger partial charge in [-0.3, -0.25) is 0 Å². The SMILES string of the molecule is CCC1(CC)OOP2(=O)OOC3(O2)OP2(=O)OC3(O2)C1(CC)CC. The lowest BCUT2D eigenvalue weighted by atomic mass is 9.59. The molecule has 5 rings (SSSR count). The van der Waals surface area contributed by atoms with E-state index in [4.69, 9.17) is 37.2 Å². The van der Waals surface area contributed by atoms with E-state index in [1.54, 1.807) is 0 Å². The fraction of sp³-hybridized carbons (Fsp3) is 1.00. The van der Waals surface area contributed by atoms with Gasteiger partial charge in [-0.05, 0) is 25.7 Å². The first-order valence-electron chi connectivity index (χ1n) is 8.01. The standard InChI is InChI=1S/C12H20O10P2/c1-5-9(6-2)10(7-3,8-4)15-21-24(14)20-12(16-22-24)11(9)17-23(13,18-11)19-12/h5-8H2,1-4H3. The number of hydrogen-bond acceptors (Lipinski definition) is 10. The second-order valence-corrected chi connectivity index (χ2v) is 9.06. The number of phosphoric ester groups is 1. The fourth-order valence-electron chi connectivity index (χ4n) is 4.49. The third-order valence-corrected chi connectivity index (χ3v) is 8.13. The van der Waals surface area contributed by atoms with Crippen LogP contribution in [0.5, 0.6) is 0 Å². The van der Waals surface area contributed by atoms with E-state index >= 15 is 0 Å². The average molecular weight is 386 g/mol. The molecule has 5 heterocycles. The molecule has 0 aromatic rings. The van der Waals surface area contributed by atoms with Crippen LogP contribution >= 0.6 is 15.6 Å². The van der Waals surface area contributed by atoms with Gasteiger partial charge in [0.15, 0.2) is 0 Å². The maximum atomic E-state index is 12.5. The Labute approximate surface area is 139 Å². The molecule has 2 atom stereocenters. The molecular formula is C12H20O10P2. The Morgan fingerprint density at radius 2 is 1.25 bits per heavy atom. The van der Waals surface area contributed by atoms with Gasteiger partial charge in [0.25, 0.3) is 5.79 Å². The highest BCUT2D eigenvalue weighted by molar-refractivity contribution is 7.50. The van der Waals surface area contributed by atoms with Gasteiger partial charge in [-0.15, -0.1) is 9.35 Å². The minimum absolute atomic E-state index is 0.469. The van der Waals surface area contributed by atoms with Gasteiger partial charge >= 0.3 is 21.6 Å². The Hall–Kier alpha value is 0.140. The third kappa shape index (κ3) is 1.66. The van der Waals surface area contributed by atoms with Crippen molar-refractivity contribution in [1.82, 2.24) is 0 Å². The van der Waals surface area contributed by atoms with Gasteiger partial charge < -0.3 is 0 Å². The largest absolute Gasteiger partial charge is 0.534 e. The van der Waals surface area contributed by atoms with Crippen LogP contribution < -0.4 is 0 Å². The Bertz CT molecular complexity index is 646. The lowest BCUT2D eigenvalue weighted by Gasteiger charge is -2.58. The number of fused-ring (bicyclic) bond motifs is 1. The first-order valence-corrected chi connectivity index (χ1v) is 10.9. The zero-order valence-electron chi connectivity index (χ0n) is 13.8. The summed E-state index contributed by atoms with van der Waals surface area (Å²) in [6.45, 7) is 7.60. The van der Waals surface area contributed by atoms with Gasteiger partial charge in [0, 0.05) is 0 Å². The van der Waals surface area contributed by atoms with Gasteiger partial charge in [0.2, 0.25) is 0 Å². The first-order chi connectivity index (χ1) is 11.2. The van der Waals surface area contributed by atoms with Crippen LogP contribution in [-0.2, 0) is 46.3 Å². The second kappa shape index (κ2) is 4.89. The molecule has 0 aromatic carbocycles. The second-order valence-electron chi connectivity index (χ2n) is 6.24. The van der Waals surface area contributed by atoms with E-state index in [9.17, 15) is 9.13 Å². The predicted octanol–water partition coefficient (Wildman–Crippen LogP) is 3.94. The molecule has 5 saturated heterocycles. The van der Waals surface area contributed by atoms with Crippen LogP contribution in [0, 0.1) is 5.41 Å². The van der Waals surface area contributed by atoms with Crippen LogP contribution in [-0.4, -0.2) is 17.4 Å². The Morgan fingerprint density at radius 1 is 0.708 bits per heavy atom. The highest BCUT2D eigenvalue weighted by Gasteiger charge is 2.94. The summed E-state index contributed by atoms with van der Waals surface area (Å²) >= 11 is 0. The summed E-state index contributed by atoms with van der Waals surface area (Å²) in [4.78, 5) is 10.7. The molecule has 0 amide bonds. The third-order valence-electron chi connectivity index (χ3n) is 5.73. The highest BCUT2D eigenvalue weighted by Crippen LogP contribution is 2.88. The van der Waals surface area contributed by atoms with Crippen molar-refractivity contribution in [2.45, 2.75) is 70.7 Å². The summed E-state index contributed by atoms with van der Waals surface area (Å²) in [6.07, 6.45) is 1.88. The van der Waals surface area contributed by atoms with E-state index in [0.29, 0.717) is 25.7 Å². The fourth-order valence-corrected chi connectivity index (χ4v) is 7.32. The molecule has 24 heavy (non-hydrogen) atoms. The van der Waals surface area contributed by atoms with E-state index in [2.05, 4.69) is 0 Å².